The van der Waals surface area contributed by atoms with E-state index in [4.69, 9.17) is 4.74 Å². The van der Waals surface area contributed by atoms with E-state index >= 15 is 0 Å². The van der Waals surface area contributed by atoms with E-state index in [2.05, 4.69) is 0 Å². The summed E-state index contributed by atoms with van der Waals surface area (Å²) in [6.45, 7) is 5.86. The molecule has 6 heteroatoms. The molecule has 21 heavy (non-hydrogen) atoms. The van der Waals surface area contributed by atoms with Crippen LogP contribution in [0.3, 0.4) is 0 Å². The molecule has 0 spiro atoms. The monoisotopic (exact) mass is 301 g/mol. The second-order valence-corrected chi connectivity index (χ2v) is 6.13. The van der Waals surface area contributed by atoms with Crippen LogP contribution in [-0.4, -0.2) is 23.1 Å². The largest absolute Gasteiger partial charge is 0.444 e. The standard InChI is InChI=1S/C15H18F3NO2/c1-14(2,3)21-13(20)19-7-6-10-4-5-12(15(16,17)18)8-11(10)9-19/h4-5,8H,6-7,9H2,1-3H3. The number of ether oxygens (including phenoxy) is 1. The third-order valence-electron chi connectivity index (χ3n) is 3.20. The highest BCUT2D eigenvalue weighted by molar-refractivity contribution is 5.68. The average molecular weight is 301 g/mol. The van der Waals surface area contributed by atoms with Gasteiger partial charge in [0.15, 0.2) is 0 Å². The summed E-state index contributed by atoms with van der Waals surface area (Å²) in [5.41, 5.74) is 0.0718. The predicted molar refractivity (Wildman–Crippen MR) is 71.8 cm³/mol. The Bertz CT molecular complexity index is 547. The molecule has 3 nitrogen and oxygen atoms in total. The highest BCUT2D eigenvalue weighted by Gasteiger charge is 2.32. The first kappa shape index (κ1) is 15.7. The van der Waals surface area contributed by atoms with E-state index in [1.165, 1.54) is 11.0 Å². The van der Waals surface area contributed by atoms with Crippen molar-refractivity contribution in [2.24, 2.45) is 0 Å². The van der Waals surface area contributed by atoms with Crippen molar-refractivity contribution in [3.63, 3.8) is 0 Å². The van der Waals surface area contributed by atoms with E-state index in [0.717, 1.165) is 17.7 Å². The van der Waals surface area contributed by atoms with Gasteiger partial charge in [-0.1, -0.05) is 6.07 Å². The van der Waals surface area contributed by atoms with Gasteiger partial charge in [-0.3, -0.25) is 0 Å². The van der Waals surface area contributed by atoms with Gasteiger partial charge in [0, 0.05) is 13.1 Å². The molecule has 0 aromatic heterocycles. The highest BCUT2D eigenvalue weighted by Crippen LogP contribution is 2.32. The van der Waals surface area contributed by atoms with Crippen molar-refractivity contribution in [3.05, 3.63) is 34.9 Å². The van der Waals surface area contributed by atoms with Crippen LogP contribution in [-0.2, 0) is 23.9 Å². The van der Waals surface area contributed by atoms with Crippen LogP contribution in [0.2, 0.25) is 0 Å². The fourth-order valence-corrected chi connectivity index (χ4v) is 2.22. The van der Waals surface area contributed by atoms with Gasteiger partial charge >= 0.3 is 12.3 Å². The molecule has 0 bridgehead atoms. The number of carbonyl (C=O) groups is 1. The van der Waals surface area contributed by atoms with Gasteiger partial charge < -0.3 is 9.64 Å². The zero-order valence-electron chi connectivity index (χ0n) is 12.3. The van der Waals surface area contributed by atoms with Crippen molar-refractivity contribution in [1.29, 1.82) is 0 Å². The molecule has 1 aromatic carbocycles. The number of alkyl halides is 3. The SMILES string of the molecule is CC(C)(C)OC(=O)N1CCc2ccc(C(F)(F)F)cc2C1. The van der Waals surface area contributed by atoms with Gasteiger partial charge in [-0.2, -0.15) is 13.2 Å². The first-order valence-corrected chi connectivity index (χ1v) is 6.73. The Morgan fingerprint density at radius 2 is 1.86 bits per heavy atom. The summed E-state index contributed by atoms with van der Waals surface area (Å²) in [5.74, 6) is 0. The van der Waals surface area contributed by atoms with E-state index in [1.54, 1.807) is 20.8 Å². The van der Waals surface area contributed by atoms with Crippen LogP contribution in [0.4, 0.5) is 18.0 Å². The van der Waals surface area contributed by atoms with Crippen LogP contribution in [0, 0.1) is 0 Å². The summed E-state index contributed by atoms with van der Waals surface area (Å²) in [7, 11) is 0. The van der Waals surface area contributed by atoms with Crippen molar-refractivity contribution < 1.29 is 22.7 Å². The first-order valence-electron chi connectivity index (χ1n) is 6.73. The molecule has 1 aliphatic rings. The molecule has 0 fully saturated rings. The molecule has 1 aliphatic heterocycles. The maximum absolute atomic E-state index is 12.7. The summed E-state index contributed by atoms with van der Waals surface area (Å²) in [6, 6.07) is 3.69. The molecular formula is C15H18F3NO2. The number of nitrogens with zero attached hydrogens (tertiary/aromatic N) is 1. The number of carbonyl (C=O) groups excluding carboxylic acids is 1. The van der Waals surface area contributed by atoms with Crippen LogP contribution in [0.5, 0.6) is 0 Å². The third-order valence-corrected chi connectivity index (χ3v) is 3.20. The van der Waals surface area contributed by atoms with Crippen molar-refractivity contribution in [3.8, 4) is 0 Å². The molecule has 1 aromatic rings. The number of halogens is 3. The fraction of sp³-hybridized carbons (Fsp3) is 0.533. The van der Waals surface area contributed by atoms with Crippen LogP contribution < -0.4 is 0 Å². The Morgan fingerprint density at radius 1 is 1.19 bits per heavy atom. The summed E-state index contributed by atoms with van der Waals surface area (Å²) in [6.07, 6.45) is -4.33. The average Bonchev–Trinajstić information content (AvgIpc) is 2.34. The topological polar surface area (TPSA) is 29.5 Å². The molecule has 0 atom stereocenters. The lowest BCUT2D eigenvalue weighted by Crippen LogP contribution is -2.40. The smallest absolute Gasteiger partial charge is 0.416 e. The number of amides is 1. The molecule has 1 amide bonds. The summed E-state index contributed by atoms with van der Waals surface area (Å²) < 4.78 is 43.4. The minimum atomic E-state index is -4.37. The van der Waals surface area contributed by atoms with Gasteiger partial charge in [0.05, 0.1) is 5.56 Å². The molecule has 0 saturated heterocycles. The van der Waals surface area contributed by atoms with Crippen molar-refractivity contribution in [2.45, 2.75) is 45.5 Å². The number of hydrogen-bond donors (Lipinski definition) is 0. The number of benzene rings is 1. The molecule has 2 rings (SSSR count). The lowest BCUT2D eigenvalue weighted by atomic mass is 9.97. The fourth-order valence-electron chi connectivity index (χ4n) is 2.22. The van der Waals surface area contributed by atoms with Gasteiger partial charge in [-0.15, -0.1) is 0 Å². The van der Waals surface area contributed by atoms with Gasteiger partial charge in [0.25, 0.3) is 0 Å². The zero-order chi connectivity index (χ0) is 15.8. The van der Waals surface area contributed by atoms with Gasteiger partial charge in [0.2, 0.25) is 0 Å². The minimum absolute atomic E-state index is 0.147. The van der Waals surface area contributed by atoms with Crippen LogP contribution >= 0.6 is 0 Å². The summed E-state index contributed by atoms with van der Waals surface area (Å²) in [4.78, 5) is 13.4. The zero-order valence-corrected chi connectivity index (χ0v) is 12.3. The van der Waals surface area contributed by atoms with Gasteiger partial charge in [0.1, 0.15) is 5.60 Å². The second-order valence-electron chi connectivity index (χ2n) is 6.13. The van der Waals surface area contributed by atoms with Gasteiger partial charge in [-0.25, -0.2) is 4.79 Å². The lowest BCUT2D eigenvalue weighted by molar-refractivity contribution is -0.137. The first-order chi connectivity index (χ1) is 9.56. The van der Waals surface area contributed by atoms with E-state index in [0.29, 0.717) is 18.5 Å². The maximum Gasteiger partial charge on any atom is 0.416 e. The Morgan fingerprint density at radius 3 is 2.43 bits per heavy atom. The van der Waals surface area contributed by atoms with Crippen LogP contribution in [0.1, 0.15) is 37.5 Å². The van der Waals surface area contributed by atoms with Crippen molar-refractivity contribution >= 4 is 6.09 Å². The Hall–Kier alpha value is -1.72. The number of rotatable bonds is 0. The highest BCUT2D eigenvalue weighted by atomic mass is 19.4. The molecule has 116 valence electrons. The maximum atomic E-state index is 12.7. The minimum Gasteiger partial charge on any atom is -0.444 e. The molecular weight excluding hydrogens is 283 g/mol. The quantitative estimate of drug-likeness (QED) is 0.725. The Kier molecular flexibility index (Phi) is 3.91. The number of fused-ring (bicyclic) bond motifs is 1. The Balaban J connectivity index is 2.17. The second kappa shape index (κ2) is 5.24. The number of hydrogen-bond acceptors (Lipinski definition) is 2. The predicted octanol–water partition coefficient (Wildman–Crippen LogP) is 4.00. The third kappa shape index (κ3) is 3.89. The molecule has 0 radical (unpaired) electrons. The lowest BCUT2D eigenvalue weighted by Gasteiger charge is -2.31. The summed E-state index contributed by atoms with van der Waals surface area (Å²) in [5, 5.41) is 0. The Labute approximate surface area is 121 Å². The van der Waals surface area contributed by atoms with Crippen LogP contribution in [0.15, 0.2) is 18.2 Å². The summed E-state index contributed by atoms with van der Waals surface area (Å²) >= 11 is 0. The van der Waals surface area contributed by atoms with Crippen LogP contribution in [0.25, 0.3) is 0 Å². The van der Waals surface area contributed by atoms with Gasteiger partial charge in [-0.05, 0) is 50.5 Å². The van der Waals surface area contributed by atoms with E-state index < -0.39 is 23.4 Å². The van der Waals surface area contributed by atoms with Crippen molar-refractivity contribution in [2.75, 3.05) is 6.54 Å². The van der Waals surface area contributed by atoms with E-state index in [1.807, 2.05) is 0 Å². The molecule has 0 N–H and O–H groups in total. The van der Waals surface area contributed by atoms with E-state index in [-0.39, 0.29) is 6.54 Å². The normalized spacial score (nSPS) is 15.6. The molecule has 0 aliphatic carbocycles. The molecule has 0 unspecified atom stereocenters. The molecule has 1 heterocycles. The van der Waals surface area contributed by atoms with E-state index in [9.17, 15) is 18.0 Å². The molecule has 0 saturated carbocycles. The van der Waals surface area contributed by atoms with Crippen molar-refractivity contribution in [1.82, 2.24) is 4.90 Å².